The Bertz CT molecular complexity index is 1120. The van der Waals surface area contributed by atoms with Crippen molar-refractivity contribution in [2.75, 3.05) is 38.3 Å². The molecular weight excluding hydrogens is 394 g/mol. The number of benzene rings is 2. The third kappa shape index (κ3) is 4.57. The highest BCUT2D eigenvalue weighted by Gasteiger charge is 2.22. The van der Waals surface area contributed by atoms with Gasteiger partial charge in [-0.25, -0.2) is 13.4 Å². The largest absolute Gasteiger partial charge is 0.308 e. The number of thiazole rings is 1. The summed E-state index contributed by atoms with van der Waals surface area (Å²) in [6.07, 6.45) is 1.18. The maximum absolute atomic E-state index is 13.2. The lowest BCUT2D eigenvalue weighted by Gasteiger charge is -2.22. The third-order valence-corrected chi connectivity index (χ3v) is 6.44. The number of carbonyl (C=O) groups is 1. The van der Waals surface area contributed by atoms with Crippen molar-refractivity contribution in [2.24, 2.45) is 0 Å². The summed E-state index contributed by atoms with van der Waals surface area (Å²) in [7, 11) is 0.602. The van der Waals surface area contributed by atoms with E-state index in [0.29, 0.717) is 29.3 Å². The molecule has 3 rings (SSSR count). The molecule has 0 unspecified atom stereocenters. The molecule has 0 saturated heterocycles. The Balaban J connectivity index is 2.03. The van der Waals surface area contributed by atoms with Gasteiger partial charge in [-0.3, -0.25) is 9.69 Å². The molecule has 0 radical (unpaired) electrons. The smallest absolute Gasteiger partial charge is 0.260 e. The van der Waals surface area contributed by atoms with E-state index >= 15 is 0 Å². The molecule has 8 heteroatoms. The zero-order chi connectivity index (χ0) is 20.5. The van der Waals surface area contributed by atoms with Gasteiger partial charge in [-0.2, -0.15) is 0 Å². The number of likely N-dealkylation sites (N-methyl/N-ethyl adjacent to an activating group) is 1. The number of amides is 1. The average molecular weight is 418 g/mol. The fraction of sp³-hybridized carbons (Fsp3) is 0.300. The Kier molecular flexibility index (Phi) is 5.83. The summed E-state index contributed by atoms with van der Waals surface area (Å²) in [6.45, 7) is 3.12. The van der Waals surface area contributed by atoms with Gasteiger partial charge in [0.2, 0.25) is 0 Å². The third-order valence-electron chi connectivity index (χ3n) is 4.29. The molecule has 0 bridgehead atoms. The van der Waals surface area contributed by atoms with Gasteiger partial charge in [0.05, 0.1) is 15.1 Å². The van der Waals surface area contributed by atoms with Gasteiger partial charge in [0.15, 0.2) is 15.0 Å². The predicted octanol–water partition coefficient (Wildman–Crippen LogP) is 3.22. The molecule has 0 N–H and O–H groups in total. The zero-order valence-corrected chi connectivity index (χ0v) is 18.0. The quantitative estimate of drug-likeness (QED) is 0.616. The lowest BCUT2D eigenvalue weighted by molar-refractivity contribution is 0.0985. The SMILES string of the molecule is Cc1cccc(C(=O)N(CCN(C)C)c2nc3ccc(S(C)(=O)=O)cc3s2)c1. The van der Waals surface area contributed by atoms with E-state index < -0.39 is 9.84 Å². The van der Waals surface area contributed by atoms with E-state index in [4.69, 9.17) is 0 Å². The number of aryl methyl sites for hydroxylation is 1. The molecule has 2 aromatic carbocycles. The second-order valence-electron chi connectivity index (χ2n) is 7.03. The molecule has 1 heterocycles. The van der Waals surface area contributed by atoms with E-state index in [1.807, 2.05) is 44.1 Å². The number of aromatic nitrogens is 1. The molecule has 1 aromatic heterocycles. The molecule has 0 atom stereocenters. The molecule has 1 amide bonds. The minimum Gasteiger partial charge on any atom is -0.308 e. The molecule has 0 spiro atoms. The second-order valence-corrected chi connectivity index (χ2v) is 10.1. The Morgan fingerprint density at radius 1 is 1.11 bits per heavy atom. The van der Waals surface area contributed by atoms with Crippen molar-refractivity contribution in [1.29, 1.82) is 0 Å². The van der Waals surface area contributed by atoms with Crippen molar-refractivity contribution >= 4 is 42.4 Å². The fourth-order valence-electron chi connectivity index (χ4n) is 2.76. The molecule has 3 aromatic rings. The van der Waals surface area contributed by atoms with Gasteiger partial charge < -0.3 is 4.90 Å². The lowest BCUT2D eigenvalue weighted by atomic mass is 10.1. The van der Waals surface area contributed by atoms with Crippen LogP contribution >= 0.6 is 11.3 Å². The van der Waals surface area contributed by atoms with E-state index in [9.17, 15) is 13.2 Å². The molecular formula is C20H23N3O3S2. The summed E-state index contributed by atoms with van der Waals surface area (Å²) < 4.78 is 24.4. The van der Waals surface area contributed by atoms with Gasteiger partial charge in [0, 0.05) is 24.9 Å². The van der Waals surface area contributed by atoms with Gasteiger partial charge in [-0.1, -0.05) is 29.0 Å². The molecule has 0 aliphatic rings. The van der Waals surface area contributed by atoms with Crippen molar-refractivity contribution in [3.63, 3.8) is 0 Å². The summed E-state index contributed by atoms with van der Waals surface area (Å²) in [5, 5.41) is 0.564. The summed E-state index contributed by atoms with van der Waals surface area (Å²) in [5.74, 6) is -0.118. The monoisotopic (exact) mass is 417 g/mol. The molecule has 0 aliphatic carbocycles. The van der Waals surface area contributed by atoms with Gasteiger partial charge >= 0.3 is 0 Å². The highest BCUT2D eigenvalue weighted by molar-refractivity contribution is 7.90. The maximum atomic E-state index is 13.2. The molecule has 28 heavy (non-hydrogen) atoms. The number of hydrogen-bond donors (Lipinski definition) is 0. The van der Waals surface area contributed by atoms with Crippen molar-refractivity contribution in [3.05, 3.63) is 53.6 Å². The zero-order valence-electron chi connectivity index (χ0n) is 16.3. The van der Waals surface area contributed by atoms with Crippen LogP contribution in [-0.2, 0) is 9.84 Å². The van der Waals surface area contributed by atoms with Crippen molar-refractivity contribution in [1.82, 2.24) is 9.88 Å². The highest BCUT2D eigenvalue weighted by atomic mass is 32.2. The predicted molar refractivity (Wildman–Crippen MR) is 114 cm³/mol. The first-order valence-electron chi connectivity index (χ1n) is 8.79. The number of anilines is 1. The molecule has 0 saturated carbocycles. The number of fused-ring (bicyclic) bond motifs is 1. The molecule has 148 valence electrons. The standard InChI is InChI=1S/C20H23N3O3S2/c1-14-6-5-7-15(12-14)19(24)23(11-10-22(2)3)20-21-17-9-8-16(28(4,25)26)13-18(17)27-20/h5-9,12-13H,10-11H2,1-4H3. The topological polar surface area (TPSA) is 70.6 Å². The summed E-state index contributed by atoms with van der Waals surface area (Å²) in [5.41, 5.74) is 2.30. The number of rotatable bonds is 6. The number of carbonyl (C=O) groups excluding carboxylic acids is 1. The van der Waals surface area contributed by atoms with Crippen LogP contribution in [0.4, 0.5) is 5.13 Å². The van der Waals surface area contributed by atoms with Crippen LogP contribution < -0.4 is 4.90 Å². The van der Waals surface area contributed by atoms with Crippen molar-refractivity contribution in [3.8, 4) is 0 Å². The number of sulfone groups is 1. The Morgan fingerprint density at radius 3 is 2.50 bits per heavy atom. The minimum atomic E-state index is -3.30. The van der Waals surface area contributed by atoms with E-state index in [2.05, 4.69) is 4.98 Å². The van der Waals surface area contributed by atoms with Gasteiger partial charge in [-0.05, 0) is 51.4 Å². The Hall–Kier alpha value is -2.29. The Morgan fingerprint density at radius 2 is 1.86 bits per heavy atom. The molecule has 0 aliphatic heterocycles. The van der Waals surface area contributed by atoms with Gasteiger partial charge in [0.25, 0.3) is 5.91 Å². The minimum absolute atomic E-state index is 0.118. The summed E-state index contributed by atoms with van der Waals surface area (Å²) >= 11 is 1.33. The van der Waals surface area contributed by atoms with Crippen LogP contribution in [0, 0.1) is 6.92 Å². The van der Waals surface area contributed by atoms with Gasteiger partial charge in [0.1, 0.15) is 0 Å². The first kappa shape index (κ1) is 20.4. The van der Waals surface area contributed by atoms with Crippen LogP contribution in [0.5, 0.6) is 0 Å². The second kappa shape index (κ2) is 7.98. The van der Waals surface area contributed by atoms with Gasteiger partial charge in [-0.15, -0.1) is 0 Å². The van der Waals surface area contributed by atoms with Crippen LogP contribution in [0.2, 0.25) is 0 Å². The van der Waals surface area contributed by atoms with Crippen molar-refractivity contribution < 1.29 is 13.2 Å². The summed E-state index contributed by atoms with van der Waals surface area (Å²) in [6, 6.07) is 12.3. The van der Waals surface area contributed by atoms with E-state index in [1.54, 1.807) is 29.2 Å². The van der Waals surface area contributed by atoms with Crippen LogP contribution in [0.25, 0.3) is 10.2 Å². The van der Waals surface area contributed by atoms with Crippen LogP contribution in [0.1, 0.15) is 15.9 Å². The first-order valence-corrected chi connectivity index (χ1v) is 11.5. The van der Waals surface area contributed by atoms with E-state index in [0.717, 1.165) is 10.3 Å². The maximum Gasteiger partial charge on any atom is 0.260 e. The van der Waals surface area contributed by atoms with E-state index in [1.165, 1.54) is 17.6 Å². The number of nitrogens with zero attached hydrogens (tertiary/aromatic N) is 3. The van der Waals surface area contributed by atoms with E-state index in [-0.39, 0.29) is 10.8 Å². The first-order chi connectivity index (χ1) is 13.1. The summed E-state index contributed by atoms with van der Waals surface area (Å²) in [4.78, 5) is 21.7. The molecule has 6 nitrogen and oxygen atoms in total. The van der Waals surface area contributed by atoms with Crippen LogP contribution in [-0.4, -0.2) is 57.6 Å². The average Bonchev–Trinajstić information content (AvgIpc) is 3.03. The lowest BCUT2D eigenvalue weighted by Crippen LogP contribution is -2.36. The normalized spacial score (nSPS) is 11.9. The Labute approximate surface area is 169 Å². The van der Waals surface area contributed by atoms with Crippen LogP contribution in [0.15, 0.2) is 47.4 Å². The number of hydrogen-bond acceptors (Lipinski definition) is 6. The van der Waals surface area contributed by atoms with Crippen LogP contribution in [0.3, 0.4) is 0 Å². The highest BCUT2D eigenvalue weighted by Crippen LogP contribution is 2.31. The van der Waals surface area contributed by atoms with Crippen molar-refractivity contribution in [2.45, 2.75) is 11.8 Å². The fourth-order valence-corrected chi connectivity index (χ4v) is 4.51. The molecule has 0 fully saturated rings.